The van der Waals surface area contributed by atoms with Crippen LogP contribution >= 0.6 is 0 Å². The Kier molecular flexibility index (Phi) is 3.14. The minimum atomic E-state index is 1.08. The van der Waals surface area contributed by atoms with Crippen LogP contribution in [0.1, 0.15) is 20.3 Å². The normalized spacial score (nSPS) is 14.8. The summed E-state index contributed by atoms with van der Waals surface area (Å²) in [7, 11) is 2.10. The van der Waals surface area contributed by atoms with Crippen molar-refractivity contribution < 1.29 is 0 Å². The van der Waals surface area contributed by atoms with Gasteiger partial charge in [-0.2, -0.15) is 5.10 Å². The molecule has 0 spiro atoms. The number of fused-ring (bicyclic) bond motifs is 1. The maximum Gasteiger partial charge on any atom is 0.126 e. The van der Waals surface area contributed by atoms with Crippen molar-refractivity contribution in [2.75, 3.05) is 18.5 Å². The second-order valence-corrected chi connectivity index (χ2v) is 2.69. The van der Waals surface area contributed by atoms with Crippen LogP contribution in [0.2, 0.25) is 0 Å². The molecule has 2 heterocycles. The molecule has 0 saturated heterocycles. The van der Waals surface area contributed by atoms with Gasteiger partial charge in [-0.1, -0.05) is 13.8 Å². The van der Waals surface area contributed by atoms with Crippen LogP contribution in [0.3, 0.4) is 0 Å². The van der Waals surface area contributed by atoms with E-state index in [0.717, 1.165) is 13.1 Å². The minimum Gasteiger partial charge on any atom is -0.360 e. The lowest BCUT2D eigenvalue weighted by molar-refractivity contribution is 0.533. The maximum atomic E-state index is 4.18. The summed E-state index contributed by atoms with van der Waals surface area (Å²) in [5.74, 6) is 1.24. The maximum absolute atomic E-state index is 4.18. The third-order valence-corrected chi connectivity index (χ3v) is 1.95. The van der Waals surface area contributed by atoms with E-state index >= 15 is 0 Å². The van der Waals surface area contributed by atoms with E-state index in [9.17, 15) is 0 Å². The average Bonchev–Trinajstić information content (AvgIpc) is 2.57. The third kappa shape index (κ3) is 1.60. The quantitative estimate of drug-likeness (QED) is 0.587. The Morgan fingerprint density at radius 1 is 1.33 bits per heavy atom. The molecule has 0 atom stereocenters. The van der Waals surface area contributed by atoms with Crippen LogP contribution in [0.4, 0.5) is 5.82 Å². The molecule has 0 aliphatic carbocycles. The third-order valence-electron chi connectivity index (χ3n) is 1.95. The Labute approximate surface area is 74.0 Å². The van der Waals surface area contributed by atoms with Gasteiger partial charge in [-0.25, -0.2) is 4.68 Å². The number of aryl methyl sites for hydroxylation is 1. The molecule has 0 aromatic carbocycles. The number of rotatable bonds is 0. The van der Waals surface area contributed by atoms with Gasteiger partial charge in [0.1, 0.15) is 5.82 Å². The van der Waals surface area contributed by atoms with Gasteiger partial charge in [-0.3, -0.25) is 0 Å². The predicted molar refractivity (Wildman–Crippen MR) is 51.5 cm³/mol. The lowest BCUT2D eigenvalue weighted by atomic mass is 10.3. The van der Waals surface area contributed by atoms with Gasteiger partial charge in [0.2, 0.25) is 0 Å². The molecule has 0 N–H and O–H groups in total. The summed E-state index contributed by atoms with van der Waals surface area (Å²) in [6.07, 6.45) is 3.07. The van der Waals surface area contributed by atoms with E-state index in [1.165, 1.54) is 12.2 Å². The van der Waals surface area contributed by atoms with Crippen LogP contribution in [0.25, 0.3) is 0 Å². The number of hydrogen-bond acceptors (Lipinski definition) is 2. The highest BCUT2D eigenvalue weighted by Crippen LogP contribution is 2.16. The van der Waals surface area contributed by atoms with Gasteiger partial charge in [0, 0.05) is 26.2 Å². The summed E-state index contributed by atoms with van der Waals surface area (Å²) < 4.78 is 2.05. The lowest BCUT2D eigenvalue weighted by Crippen LogP contribution is -2.27. The van der Waals surface area contributed by atoms with Crippen LogP contribution < -0.4 is 4.90 Å². The monoisotopic (exact) mass is 167 g/mol. The summed E-state index contributed by atoms with van der Waals surface area (Å²) in [6.45, 7) is 6.23. The topological polar surface area (TPSA) is 21.1 Å². The van der Waals surface area contributed by atoms with Crippen LogP contribution in [-0.2, 0) is 6.54 Å². The number of aromatic nitrogens is 2. The molecule has 0 radical (unpaired) electrons. The highest BCUT2D eigenvalue weighted by molar-refractivity contribution is 5.38. The van der Waals surface area contributed by atoms with Crippen molar-refractivity contribution in [1.29, 1.82) is 0 Å². The van der Waals surface area contributed by atoms with Crippen molar-refractivity contribution in [2.24, 2.45) is 0 Å². The van der Waals surface area contributed by atoms with Gasteiger partial charge in [0.05, 0.1) is 6.20 Å². The molecule has 0 amide bonds. The highest BCUT2D eigenvalue weighted by atomic mass is 15.4. The molecular formula is C9H17N3. The van der Waals surface area contributed by atoms with Gasteiger partial charge in [0.15, 0.2) is 0 Å². The molecule has 68 valence electrons. The van der Waals surface area contributed by atoms with Gasteiger partial charge >= 0.3 is 0 Å². The second kappa shape index (κ2) is 4.14. The first-order chi connectivity index (χ1) is 5.88. The first-order valence-electron chi connectivity index (χ1n) is 4.61. The Bertz CT molecular complexity index is 229. The van der Waals surface area contributed by atoms with Crippen molar-refractivity contribution in [3.8, 4) is 0 Å². The second-order valence-electron chi connectivity index (χ2n) is 2.69. The van der Waals surface area contributed by atoms with Crippen LogP contribution in [0.5, 0.6) is 0 Å². The van der Waals surface area contributed by atoms with Gasteiger partial charge in [0.25, 0.3) is 0 Å². The predicted octanol–water partition coefficient (Wildman–Crippen LogP) is 1.75. The summed E-state index contributed by atoms with van der Waals surface area (Å²) >= 11 is 0. The Morgan fingerprint density at radius 2 is 2.08 bits per heavy atom. The molecule has 12 heavy (non-hydrogen) atoms. The molecule has 0 bridgehead atoms. The summed E-state index contributed by atoms with van der Waals surface area (Å²) in [4.78, 5) is 2.23. The van der Waals surface area contributed by atoms with E-state index in [2.05, 4.69) is 23.1 Å². The zero-order valence-corrected chi connectivity index (χ0v) is 8.12. The Hall–Kier alpha value is -0.990. The SMILES string of the molecule is CC.CN1CCCn2nccc21. The summed E-state index contributed by atoms with van der Waals surface area (Å²) in [5.41, 5.74) is 0. The zero-order chi connectivity index (χ0) is 8.97. The standard InChI is InChI=1S/C7H11N3.C2H6/c1-9-5-2-6-10-7(9)3-4-8-10;1-2/h3-4H,2,5-6H2,1H3;1-2H3. The first kappa shape index (κ1) is 9.10. The number of hydrogen-bond donors (Lipinski definition) is 0. The largest absolute Gasteiger partial charge is 0.360 e. The van der Waals surface area contributed by atoms with E-state index in [-0.39, 0.29) is 0 Å². The van der Waals surface area contributed by atoms with Gasteiger partial charge < -0.3 is 4.90 Å². The van der Waals surface area contributed by atoms with Crippen LogP contribution in [-0.4, -0.2) is 23.4 Å². The van der Waals surface area contributed by atoms with Gasteiger partial charge in [-0.05, 0) is 6.42 Å². The molecule has 1 aliphatic rings. The first-order valence-corrected chi connectivity index (χ1v) is 4.61. The molecule has 1 aromatic heterocycles. The molecular weight excluding hydrogens is 150 g/mol. The fourth-order valence-electron chi connectivity index (χ4n) is 1.39. The zero-order valence-electron chi connectivity index (χ0n) is 8.12. The van der Waals surface area contributed by atoms with Crippen molar-refractivity contribution in [3.63, 3.8) is 0 Å². The smallest absolute Gasteiger partial charge is 0.126 e. The molecule has 2 rings (SSSR count). The van der Waals surface area contributed by atoms with Crippen molar-refractivity contribution in [3.05, 3.63) is 12.3 Å². The molecule has 0 saturated carbocycles. The molecule has 1 aliphatic heterocycles. The van der Waals surface area contributed by atoms with Crippen molar-refractivity contribution in [2.45, 2.75) is 26.8 Å². The Morgan fingerprint density at radius 3 is 2.75 bits per heavy atom. The van der Waals surface area contributed by atoms with Crippen molar-refractivity contribution >= 4 is 5.82 Å². The van der Waals surface area contributed by atoms with E-state index in [1.807, 2.05) is 24.7 Å². The minimum absolute atomic E-state index is 1.08. The number of anilines is 1. The van der Waals surface area contributed by atoms with E-state index in [4.69, 9.17) is 0 Å². The lowest BCUT2D eigenvalue weighted by Gasteiger charge is -2.24. The fourth-order valence-corrected chi connectivity index (χ4v) is 1.39. The van der Waals surface area contributed by atoms with Crippen molar-refractivity contribution in [1.82, 2.24) is 9.78 Å². The number of nitrogens with zero attached hydrogens (tertiary/aromatic N) is 3. The Balaban J connectivity index is 0.000000336. The fraction of sp³-hybridized carbons (Fsp3) is 0.667. The van der Waals surface area contributed by atoms with E-state index < -0.39 is 0 Å². The van der Waals surface area contributed by atoms with Crippen LogP contribution in [0.15, 0.2) is 12.3 Å². The summed E-state index contributed by atoms with van der Waals surface area (Å²) in [6, 6.07) is 2.05. The molecule has 0 unspecified atom stereocenters. The van der Waals surface area contributed by atoms with Gasteiger partial charge in [-0.15, -0.1) is 0 Å². The molecule has 1 aromatic rings. The molecule has 0 fully saturated rings. The van der Waals surface area contributed by atoms with E-state index in [1.54, 1.807) is 0 Å². The molecule has 3 heteroatoms. The van der Waals surface area contributed by atoms with E-state index in [0.29, 0.717) is 0 Å². The molecule has 3 nitrogen and oxygen atoms in total. The highest BCUT2D eigenvalue weighted by Gasteiger charge is 2.11. The average molecular weight is 167 g/mol. The summed E-state index contributed by atoms with van der Waals surface area (Å²) in [5, 5.41) is 4.18. The van der Waals surface area contributed by atoms with Crippen LogP contribution in [0, 0.1) is 0 Å².